The van der Waals surface area contributed by atoms with Gasteiger partial charge in [0.2, 0.25) is 0 Å². The average Bonchev–Trinajstić information content (AvgIpc) is 2.26. The van der Waals surface area contributed by atoms with Gasteiger partial charge in [-0.05, 0) is 52.0 Å². The summed E-state index contributed by atoms with van der Waals surface area (Å²) in [4.78, 5) is 11.8. The molecule has 2 N–H and O–H groups in total. The van der Waals surface area contributed by atoms with E-state index in [-0.39, 0.29) is 12.5 Å². The van der Waals surface area contributed by atoms with Crippen molar-refractivity contribution < 1.29 is 14.6 Å². The van der Waals surface area contributed by atoms with Crippen LogP contribution in [0.5, 0.6) is 5.75 Å². The minimum Gasteiger partial charge on any atom is -0.484 e. The monoisotopic (exact) mass is 285 g/mol. The molecule has 0 aromatic heterocycles. The Labute approximate surface area is 118 Å². The Morgan fingerprint density at radius 3 is 2.26 bits per heavy atom. The Balaban J connectivity index is 2.51. The first-order valence-corrected chi connectivity index (χ1v) is 6.41. The zero-order valence-electron chi connectivity index (χ0n) is 11.7. The molecular weight excluding hydrogens is 266 g/mol. The number of aliphatic hydroxyl groups is 1. The zero-order valence-corrected chi connectivity index (χ0v) is 12.4. The lowest BCUT2D eigenvalue weighted by atomic mass is 9.86. The lowest BCUT2D eigenvalue weighted by Gasteiger charge is -2.37. The summed E-state index contributed by atoms with van der Waals surface area (Å²) in [5.74, 6) is 0.280. The topological polar surface area (TPSA) is 58.6 Å². The summed E-state index contributed by atoms with van der Waals surface area (Å²) < 4.78 is 5.33. The van der Waals surface area contributed by atoms with Crippen molar-refractivity contribution in [2.75, 3.05) is 6.61 Å². The highest BCUT2D eigenvalue weighted by Crippen LogP contribution is 2.20. The van der Waals surface area contributed by atoms with Crippen LogP contribution < -0.4 is 10.1 Å². The Kier molecular flexibility index (Phi) is 4.82. The van der Waals surface area contributed by atoms with E-state index in [1.54, 1.807) is 52.0 Å². The Morgan fingerprint density at radius 1 is 1.26 bits per heavy atom. The molecule has 0 spiro atoms. The number of rotatable bonds is 5. The van der Waals surface area contributed by atoms with E-state index >= 15 is 0 Å². The molecule has 5 heteroatoms. The quantitative estimate of drug-likeness (QED) is 0.873. The SMILES string of the molecule is CC(C)(O)C(C)(C)NC(=O)COc1ccc(Cl)cc1. The fourth-order valence-electron chi connectivity index (χ4n) is 1.22. The van der Waals surface area contributed by atoms with Crippen LogP contribution >= 0.6 is 11.6 Å². The van der Waals surface area contributed by atoms with E-state index in [4.69, 9.17) is 16.3 Å². The maximum absolute atomic E-state index is 11.8. The first-order chi connectivity index (χ1) is 8.62. The van der Waals surface area contributed by atoms with Crippen LogP contribution in [-0.2, 0) is 4.79 Å². The molecule has 0 saturated carbocycles. The second-order valence-corrected chi connectivity index (χ2v) is 5.91. The van der Waals surface area contributed by atoms with Crippen LogP contribution in [0.3, 0.4) is 0 Å². The summed E-state index contributed by atoms with van der Waals surface area (Å²) in [7, 11) is 0. The zero-order chi connectivity index (χ0) is 14.7. The van der Waals surface area contributed by atoms with Gasteiger partial charge in [-0.1, -0.05) is 11.6 Å². The number of hydrogen-bond donors (Lipinski definition) is 2. The molecule has 0 bridgehead atoms. The normalized spacial score (nSPS) is 12.1. The Morgan fingerprint density at radius 2 is 1.79 bits per heavy atom. The van der Waals surface area contributed by atoms with Crippen molar-refractivity contribution >= 4 is 17.5 Å². The van der Waals surface area contributed by atoms with Crippen LogP contribution in [0.25, 0.3) is 0 Å². The number of amides is 1. The van der Waals surface area contributed by atoms with Gasteiger partial charge in [0, 0.05) is 5.02 Å². The second kappa shape index (κ2) is 5.80. The average molecular weight is 286 g/mol. The second-order valence-electron chi connectivity index (χ2n) is 5.47. The number of hydrogen-bond acceptors (Lipinski definition) is 3. The molecule has 19 heavy (non-hydrogen) atoms. The predicted molar refractivity (Wildman–Crippen MR) is 75.5 cm³/mol. The van der Waals surface area contributed by atoms with Gasteiger partial charge in [-0.3, -0.25) is 4.79 Å². The minimum atomic E-state index is -1.02. The van der Waals surface area contributed by atoms with Crippen LogP contribution in [0.2, 0.25) is 5.02 Å². The van der Waals surface area contributed by atoms with E-state index in [2.05, 4.69) is 5.32 Å². The van der Waals surface area contributed by atoms with E-state index in [0.29, 0.717) is 10.8 Å². The van der Waals surface area contributed by atoms with E-state index in [1.807, 2.05) is 0 Å². The van der Waals surface area contributed by atoms with Gasteiger partial charge in [0.05, 0.1) is 11.1 Å². The van der Waals surface area contributed by atoms with Gasteiger partial charge in [-0.25, -0.2) is 0 Å². The number of halogens is 1. The van der Waals surface area contributed by atoms with Crippen LogP contribution in [0.4, 0.5) is 0 Å². The summed E-state index contributed by atoms with van der Waals surface area (Å²) in [6.45, 7) is 6.70. The summed E-state index contributed by atoms with van der Waals surface area (Å²) in [6.07, 6.45) is 0. The summed E-state index contributed by atoms with van der Waals surface area (Å²) in [6, 6.07) is 6.76. The molecular formula is C14H20ClNO3. The molecule has 106 valence electrons. The molecule has 0 unspecified atom stereocenters. The fraction of sp³-hybridized carbons (Fsp3) is 0.500. The third kappa shape index (κ3) is 4.73. The third-order valence-electron chi connectivity index (χ3n) is 3.16. The molecule has 0 saturated heterocycles. The van der Waals surface area contributed by atoms with E-state index < -0.39 is 11.1 Å². The minimum absolute atomic E-state index is 0.110. The molecule has 1 aromatic rings. The van der Waals surface area contributed by atoms with Crippen molar-refractivity contribution in [3.8, 4) is 5.75 Å². The Bertz CT molecular complexity index is 435. The molecule has 0 aliphatic heterocycles. The van der Waals surface area contributed by atoms with Crippen molar-refractivity contribution in [1.29, 1.82) is 0 Å². The van der Waals surface area contributed by atoms with Crippen molar-refractivity contribution in [3.05, 3.63) is 29.3 Å². The highest BCUT2D eigenvalue weighted by atomic mass is 35.5. The summed E-state index contributed by atoms with van der Waals surface area (Å²) in [5, 5.41) is 13.3. The lowest BCUT2D eigenvalue weighted by molar-refractivity contribution is -0.128. The molecule has 1 aromatic carbocycles. The fourth-order valence-corrected chi connectivity index (χ4v) is 1.34. The van der Waals surface area contributed by atoms with Gasteiger partial charge in [-0.15, -0.1) is 0 Å². The number of benzene rings is 1. The number of carbonyl (C=O) groups is 1. The van der Waals surface area contributed by atoms with Crippen LogP contribution in [0, 0.1) is 0 Å². The molecule has 4 nitrogen and oxygen atoms in total. The molecule has 1 rings (SSSR count). The van der Waals surface area contributed by atoms with E-state index in [1.165, 1.54) is 0 Å². The largest absolute Gasteiger partial charge is 0.484 e. The van der Waals surface area contributed by atoms with Gasteiger partial charge in [0.15, 0.2) is 6.61 Å². The van der Waals surface area contributed by atoms with E-state index in [0.717, 1.165) is 0 Å². The smallest absolute Gasteiger partial charge is 0.258 e. The molecule has 1 amide bonds. The highest BCUT2D eigenvalue weighted by molar-refractivity contribution is 6.30. The van der Waals surface area contributed by atoms with Crippen molar-refractivity contribution in [1.82, 2.24) is 5.32 Å². The van der Waals surface area contributed by atoms with Gasteiger partial charge in [0.1, 0.15) is 5.75 Å². The molecule has 0 fully saturated rings. The molecule has 0 aliphatic carbocycles. The number of nitrogens with one attached hydrogen (secondary N) is 1. The third-order valence-corrected chi connectivity index (χ3v) is 3.42. The first kappa shape index (κ1) is 15.8. The molecule has 0 atom stereocenters. The number of ether oxygens (including phenoxy) is 1. The predicted octanol–water partition coefficient (Wildman–Crippen LogP) is 2.38. The summed E-state index contributed by atoms with van der Waals surface area (Å²) >= 11 is 5.75. The maximum atomic E-state index is 11.8. The van der Waals surface area contributed by atoms with Gasteiger partial charge < -0.3 is 15.2 Å². The first-order valence-electron chi connectivity index (χ1n) is 6.03. The molecule has 0 aliphatic rings. The number of carbonyl (C=O) groups excluding carboxylic acids is 1. The molecule has 0 radical (unpaired) electrons. The van der Waals surface area contributed by atoms with Crippen molar-refractivity contribution in [2.24, 2.45) is 0 Å². The van der Waals surface area contributed by atoms with Crippen molar-refractivity contribution in [3.63, 3.8) is 0 Å². The van der Waals surface area contributed by atoms with Crippen molar-refractivity contribution in [2.45, 2.75) is 38.8 Å². The standard InChI is InChI=1S/C14H20ClNO3/c1-13(2,14(3,4)18)16-12(17)9-19-11-7-5-10(15)6-8-11/h5-8,18H,9H2,1-4H3,(H,16,17). The van der Waals surface area contributed by atoms with Gasteiger partial charge >= 0.3 is 0 Å². The highest BCUT2D eigenvalue weighted by Gasteiger charge is 2.36. The van der Waals surface area contributed by atoms with Crippen LogP contribution in [0.1, 0.15) is 27.7 Å². The maximum Gasteiger partial charge on any atom is 0.258 e. The van der Waals surface area contributed by atoms with Gasteiger partial charge in [0.25, 0.3) is 5.91 Å². The Hall–Kier alpha value is -1.26. The summed E-state index contributed by atoms with van der Waals surface area (Å²) in [5.41, 5.74) is -1.77. The van der Waals surface area contributed by atoms with E-state index in [9.17, 15) is 9.90 Å². The lowest BCUT2D eigenvalue weighted by Crippen LogP contribution is -2.58. The van der Waals surface area contributed by atoms with Crippen LogP contribution in [0.15, 0.2) is 24.3 Å². The van der Waals surface area contributed by atoms with Crippen LogP contribution in [-0.4, -0.2) is 28.8 Å². The van der Waals surface area contributed by atoms with Gasteiger partial charge in [-0.2, -0.15) is 0 Å². The molecule has 0 heterocycles.